The smallest absolute Gasteiger partial charge is 0.102 e. The first-order valence-corrected chi connectivity index (χ1v) is 28.3. The molecule has 16 rings (SSSR count). The van der Waals surface area contributed by atoms with Gasteiger partial charge in [-0.15, -0.1) is 0 Å². The summed E-state index contributed by atoms with van der Waals surface area (Å²) >= 11 is 0. The second kappa shape index (κ2) is 19.5. The van der Waals surface area contributed by atoms with E-state index >= 15 is 0 Å². The lowest BCUT2D eigenvalue weighted by atomic mass is 9.88. The highest BCUT2D eigenvalue weighted by Crippen LogP contribution is 2.53. The fraction of sp³-hybridized carbons (Fsp3) is 0. The molecule has 16 aromatic rings. The molecule has 0 aliphatic rings. The van der Waals surface area contributed by atoms with E-state index < -0.39 is 0 Å². The maximum Gasteiger partial charge on any atom is 0.102 e. The molecule has 0 atom stereocenters. The molecule has 0 spiro atoms. The molecule has 0 N–H and O–H groups in total. The van der Waals surface area contributed by atoms with Crippen LogP contribution in [0.2, 0.25) is 0 Å². The van der Waals surface area contributed by atoms with Crippen LogP contribution in [0.4, 0.5) is 0 Å². The summed E-state index contributed by atoms with van der Waals surface area (Å²) in [4.78, 5) is 0. The molecule has 13 aromatic carbocycles. The zero-order valence-electron chi connectivity index (χ0n) is 45.2. The fourth-order valence-corrected chi connectivity index (χ4v) is 13.2. The van der Waals surface area contributed by atoms with Crippen molar-refractivity contribution in [3.63, 3.8) is 0 Å². The van der Waals surface area contributed by atoms with Gasteiger partial charge in [0.05, 0.1) is 55.7 Å². The van der Waals surface area contributed by atoms with Gasteiger partial charge in [-0.1, -0.05) is 243 Å². The Bertz CT molecular complexity index is 4980. The van der Waals surface area contributed by atoms with E-state index in [2.05, 4.69) is 323 Å². The van der Waals surface area contributed by atoms with E-state index in [0.717, 1.165) is 149 Å². The molecule has 4 nitrogen and oxygen atoms in total. The first kappa shape index (κ1) is 47.7. The average molecular weight is 1060 g/mol. The summed E-state index contributed by atoms with van der Waals surface area (Å²) in [5.74, 6) is 0. The van der Waals surface area contributed by atoms with Gasteiger partial charge >= 0.3 is 0 Å². The highest BCUT2D eigenvalue weighted by molar-refractivity contribution is 6.18. The van der Waals surface area contributed by atoms with Gasteiger partial charge in [0.25, 0.3) is 0 Å². The van der Waals surface area contributed by atoms with Crippen molar-refractivity contribution in [1.82, 2.24) is 13.7 Å². The lowest BCUT2D eigenvalue weighted by Gasteiger charge is -2.29. The molecule has 0 saturated heterocycles. The van der Waals surface area contributed by atoms with E-state index in [1.807, 2.05) is 0 Å². The Hall–Kier alpha value is -11.3. The van der Waals surface area contributed by atoms with Gasteiger partial charge in [0.1, 0.15) is 6.07 Å². The third-order valence-corrected chi connectivity index (χ3v) is 16.9. The molecule has 0 saturated carbocycles. The minimum atomic E-state index is 0.556. The molecule has 3 aromatic heterocycles. The number of aromatic nitrogens is 3. The van der Waals surface area contributed by atoms with Crippen LogP contribution in [0.5, 0.6) is 0 Å². The minimum absolute atomic E-state index is 0.556. The van der Waals surface area contributed by atoms with Crippen LogP contribution in [0.3, 0.4) is 0 Å². The van der Waals surface area contributed by atoms with Gasteiger partial charge < -0.3 is 13.7 Å². The predicted octanol–water partition coefficient (Wildman–Crippen LogP) is 20.9. The van der Waals surface area contributed by atoms with Gasteiger partial charge in [-0.05, 0) is 116 Å². The van der Waals surface area contributed by atoms with Crippen molar-refractivity contribution >= 4 is 65.4 Å². The summed E-state index contributed by atoms with van der Waals surface area (Å²) in [5.41, 5.74) is 22.1. The monoisotopic (exact) mass is 1050 g/mol. The topological polar surface area (TPSA) is 38.6 Å². The van der Waals surface area contributed by atoms with Crippen molar-refractivity contribution in [3.8, 4) is 89.9 Å². The average Bonchev–Trinajstić information content (AvgIpc) is 1.95. The third kappa shape index (κ3) is 7.67. The molecule has 0 bridgehead atoms. The first-order valence-electron chi connectivity index (χ1n) is 28.3. The maximum atomic E-state index is 12.7. The molecule has 0 aliphatic heterocycles. The van der Waals surface area contributed by atoms with Crippen LogP contribution in [-0.4, -0.2) is 13.7 Å². The zero-order chi connectivity index (χ0) is 55.0. The SMILES string of the molecule is N#Cc1c(-c2ccccc2)c(-n2c3ccc(-c4ccccc4)cc3c3cc(-c4ccccc4)ccc32)c(-c2ccccc2)c(-n2c3ccc(-c4ccccc4)cc3c3cc(-c4ccccc4)ccc32)c1-n1c2ccccc2c2ccccc21. The molecule has 0 radical (unpaired) electrons. The molecule has 0 fully saturated rings. The lowest BCUT2D eigenvalue weighted by molar-refractivity contribution is 1.07. The normalized spacial score (nSPS) is 11.6. The summed E-state index contributed by atoms with van der Waals surface area (Å²) < 4.78 is 7.36. The molecule has 83 heavy (non-hydrogen) atoms. The summed E-state index contributed by atoms with van der Waals surface area (Å²) in [6.45, 7) is 0. The van der Waals surface area contributed by atoms with Crippen LogP contribution in [-0.2, 0) is 0 Å². The molecule has 3 heterocycles. The van der Waals surface area contributed by atoms with Gasteiger partial charge in [0.2, 0.25) is 0 Å². The summed E-state index contributed by atoms with van der Waals surface area (Å²) in [7, 11) is 0. The van der Waals surface area contributed by atoms with E-state index in [9.17, 15) is 5.26 Å². The van der Waals surface area contributed by atoms with E-state index in [1.165, 1.54) is 0 Å². The van der Waals surface area contributed by atoms with Gasteiger partial charge in [-0.25, -0.2) is 0 Å². The van der Waals surface area contributed by atoms with Crippen molar-refractivity contribution in [3.05, 3.63) is 309 Å². The fourth-order valence-electron chi connectivity index (χ4n) is 13.2. The summed E-state index contributed by atoms with van der Waals surface area (Å²) in [6, 6.07) is 112. The number of hydrogen-bond donors (Lipinski definition) is 0. The Kier molecular flexibility index (Phi) is 11.2. The van der Waals surface area contributed by atoms with E-state index in [4.69, 9.17) is 0 Å². The largest absolute Gasteiger partial charge is 0.308 e. The van der Waals surface area contributed by atoms with Gasteiger partial charge in [-0.3, -0.25) is 0 Å². The summed E-state index contributed by atoms with van der Waals surface area (Å²) in [6.07, 6.45) is 0. The number of rotatable bonds is 9. The second-order valence-corrected chi connectivity index (χ2v) is 21.4. The zero-order valence-corrected chi connectivity index (χ0v) is 45.2. The highest BCUT2D eigenvalue weighted by Gasteiger charge is 2.34. The Morgan fingerprint density at radius 2 is 0.470 bits per heavy atom. The van der Waals surface area contributed by atoms with Crippen LogP contribution in [0.1, 0.15) is 5.56 Å². The maximum absolute atomic E-state index is 12.7. The van der Waals surface area contributed by atoms with E-state index in [0.29, 0.717) is 5.56 Å². The second-order valence-electron chi connectivity index (χ2n) is 21.4. The van der Waals surface area contributed by atoms with Gasteiger partial charge in [0.15, 0.2) is 0 Å². The van der Waals surface area contributed by atoms with Crippen molar-refractivity contribution in [2.45, 2.75) is 0 Å². The van der Waals surface area contributed by atoms with Crippen molar-refractivity contribution < 1.29 is 0 Å². The molecule has 386 valence electrons. The Labute approximate surface area is 480 Å². The number of benzene rings is 13. The minimum Gasteiger partial charge on any atom is -0.308 e. The Morgan fingerprint density at radius 1 is 0.205 bits per heavy atom. The highest BCUT2D eigenvalue weighted by atomic mass is 15.1. The standard InChI is InChI=1S/C79H50N4/c80-51-68-75(56-31-15-5-16-32-56)78(82-71-43-39-58(52-23-7-1-8-24-52)47-64(71)65-48-59(40-44-72(65)82)53-25-9-2-10-26-53)76(57-33-17-6-18-34-57)79(77(68)81-69-37-21-19-35-62(69)63-36-20-22-38-70(63)81)83-73-45-41-60(54-27-11-3-12-28-54)49-66(73)67-50-61(42-46-74(67)83)55-29-13-4-14-30-55/h1-50H. The molecular weight excluding hydrogens is 1000 g/mol. The third-order valence-electron chi connectivity index (χ3n) is 16.9. The number of nitriles is 1. The van der Waals surface area contributed by atoms with Crippen LogP contribution in [0.25, 0.3) is 149 Å². The van der Waals surface area contributed by atoms with E-state index in [1.54, 1.807) is 0 Å². The summed E-state index contributed by atoms with van der Waals surface area (Å²) in [5, 5.41) is 19.4. The number of hydrogen-bond acceptors (Lipinski definition) is 1. The van der Waals surface area contributed by atoms with Crippen LogP contribution < -0.4 is 0 Å². The van der Waals surface area contributed by atoms with Crippen molar-refractivity contribution in [2.75, 3.05) is 0 Å². The van der Waals surface area contributed by atoms with Gasteiger partial charge in [0, 0.05) is 43.4 Å². The van der Waals surface area contributed by atoms with Crippen LogP contribution in [0, 0.1) is 11.3 Å². The Balaban J connectivity index is 1.16. The molecule has 4 heteroatoms. The van der Waals surface area contributed by atoms with Gasteiger partial charge in [-0.2, -0.15) is 5.26 Å². The quantitative estimate of drug-likeness (QED) is 0.142. The number of fused-ring (bicyclic) bond motifs is 9. The first-order chi connectivity index (χ1) is 41.2. The molecular formula is C79H50N4. The predicted molar refractivity (Wildman–Crippen MR) is 347 cm³/mol. The van der Waals surface area contributed by atoms with Crippen LogP contribution >= 0.6 is 0 Å². The van der Waals surface area contributed by atoms with Crippen LogP contribution in [0.15, 0.2) is 303 Å². The number of nitrogens with zero attached hydrogens (tertiary/aromatic N) is 4. The molecule has 0 unspecified atom stereocenters. The molecule has 0 aliphatic carbocycles. The number of para-hydroxylation sites is 2. The van der Waals surface area contributed by atoms with E-state index in [-0.39, 0.29) is 0 Å². The lowest BCUT2D eigenvalue weighted by Crippen LogP contribution is -2.13. The van der Waals surface area contributed by atoms with Crippen molar-refractivity contribution in [2.24, 2.45) is 0 Å². The van der Waals surface area contributed by atoms with Crippen molar-refractivity contribution in [1.29, 1.82) is 5.26 Å². The molecule has 0 amide bonds. The Morgan fingerprint density at radius 3 is 0.807 bits per heavy atom.